The Morgan fingerprint density at radius 2 is 2.11 bits per heavy atom. The second-order valence-electron chi connectivity index (χ2n) is 4.72. The van der Waals surface area contributed by atoms with Crippen molar-refractivity contribution in [2.24, 2.45) is 5.92 Å². The van der Waals surface area contributed by atoms with Crippen LogP contribution >= 0.6 is 0 Å². The van der Waals surface area contributed by atoms with Crippen molar-refractivity contribution >= 4 is 0 Å². The average Bonchev–Trinajstić information content (AvgIpc) is 2.27. The Kier molecular flexibility index (Phi) is 6.08. The summed E-state index contributed by atoms with van der Waals surface area (Å²) in [6.07, 6.45) is -3.60. The Labute approximate surface area is 111 Å². The van der Waals surface area contributed by atoms with Crippen molar-refractivity contribution in [3.63, 3.8) is 0 Å². The van der Waals surface area contributed by atoms with Crippen LogP contribution in [0, 0.1) is 5.92 Å². The quantitative estimate of drug-likeness (QED) is 0.830. The fraction of sp³-hybridized carbons (Fsp3) is 0.615. The highest BCUT2D eigenvalue weighted by atomic mass is 19.4. The van der Waals surface area contributed by atoms with Crippen LogP contribution in [0.1, 0.15) is 26.0 Å². The van der Waals surface area contributed by atoms with Crippen molar-refractivity contribution in [1.82, 2.24) is 10.3 Å². The van der Waals surface area contributed by atoms with Gasteiger partial charge in [-0.05, 0) is 18.5 Å². The molecule has 0 spiro atoms. The molecule has 1 rings (SSSR count). The van der Waals surface area contributed by atoms with Crippen LogP contribution in [0.3, 0.4) is 0 Å². The maximum Gasteiger partial charge on any atom is 0.392 e. The first-order valence-corrected chi connectivity index (χ1v) is 6.22. The van der Waals surface area contributed by atoms with Crippen molar-refractivity contribution < 1.29 is 17.9 Å². The molecule has 1 N–H and O–H groups in total. The van der Waals surface area contributed by atoms with Crippen molar-refractivity contribution in [3.05, 3.63) is 24.0 Å². The van der Waals surface area contributed by atoms with Gasteiger partial charge in [0.25, 0.3) is 0 Å². The number of nitrogens with zero attached hydrogens (tertiary/aromatic N) is 1. The number of alkyl halides is 3. The van der Waals surface area contributed by atoms with Gasteiger partial charge in [0.1, 0.15) is 5.75 Å². The molecule has 0 aliphatic rings. The summed E-state index contributed by atoms with van der Waals surface area (Å²) in [7, 11) is 0. The van der Waals surface area contributed by atoms with Crippen molar-refractivity contribution in [3.8, 4) is 5.75 Å². The lowest BCUT2D eigenvalue weighted by atomic mass is 10.2. The topological polar surface area (TPSA) is 34.1 Å². The van der Waals surface area contributed by atoms with E-state index in [-0.39, 0.29) is 6.61 Å². The number of ether oxygens (including phenoxy) is 1. The van der Waals surface area contributed by atoms with E-state index >= 15 is 0 Å². The summed E-state index contributed by atoms with van der Waals surface area (Å²) < 4.78 is 41.0. The predicted octanol–water partition coefficient (Wildman–Crippen LogP) is 3.16. The SMILES string of the molecule is CC(C)CNCc1cc(OCCC(F)(F)F)ccn1. The minimum absolute atomic E-state index is 0.369. The van der Waals surface area contributed by atoms with Crippen LogP contribution in [0.15, 0.2) is 18.3 Å². The molecule has 19 heavy (non-hydrogen) atoms. The van der Waals surface area contributed by atoms with Crippen LogP contribution in [0.25, 0.3) is 0 Å². The van der Waals surface area contributed by atoms with E-state index in [1.807, 2.05) is 0 Å². The van der Waals surface area contributed by atoms with E-state index in [2.05, 4.69) is 24.1 Å². The Morgan fingerprint density at radius 3 is 2.74 bits per heavy atom. The van der Waals surface area contributed by atoms with Gasteiger partial charge in [-0.15, -0.1) is 0 Å². The molecule has 3 nitrogen and oxygen atoms in total. The van der Waals surface area contributed by atoms with Crippen LogP contribution in [-0.4, -0.2) is 24.3 Å². The van der Waals surface area contributed by atoms with E-state index in [4.69, 9.17) is 4.74 Å². The van der Waals surface area contributed by atoms with Gasteiger partial charge in [-0.1, -0.05) is 13.8 Å². The zero-order valence-electron chi connectivity index (χ0n) is 11.1. The lowest BCUT2D eigenvalue weighted by Gasteiger charge is -2.10. The molecule has 0 atom stereocenters. The molecule has 0 fully saturated rings. The highest BCUT2D eigenvalue weighted by Crippen LogP contribution is 2.20. The highest BCUT2D eigenvalue weighted by molar-refractivity contribution is 5.22. The molecule has 0 bridgehead atoms. The molecule has 1 aromatic heterocycles. The standard InChI is InChI=1S/C13H19F3N2O/c1-10(2)8-17-9-11-7-12(3-5-18-11)19-6-4-13(14,15)16/h3,5,7,10,17H,4,6,8-9H2,1-2H3. The third-order valence-electron chi connectivity index (χ3n) is 2.30. The average molecular weight is 276 g/mol. The van der Waals surface area contributed by atoms with E-state index in [1.54, 1.807) is 12.1 Å². The number of hydrogen-bond acceptors (Lipinski definition) is 3. The summed E-state index contributed by atoms with van der Waals surface area (Å²) in [5.41, 5.74) is 0.755. The van der Waals surface area contributed by atoms with Crippen LogP contribution < -0.4 is 10.1 Å². The monoisotopic (exact) mass is 276 g/mol. The third-order valence-corrected chi connectivity index (χ3v) is 2.30. The van der Waals surface area contributed by atoms with Gasteiger partial charge in [0.2, 0.25) is 0 Å². The van der Waals surface area contributed by atoms with E-state index < -0.39 is 12.6 Å². The summed E-state index contributed by atoms with van der Waals surface area (Å²) in [4.78, 5) is 4.13. The van der Waals surface area contributed by atoms with Gasteiger partial charge in [0.05, 0.1) is 18.7 Å². The molecule has 0 radical (unpaired) electrons. The fourth-order valence-corrected chi connectivity index (χ4v) is 1.42. The molecule has 0 amide bonds. The molecule has 0 unspecified atom stereocenters. The molecule has 0 aliphatic carbocycles. The lowest BCUT2D eigenvalue weighted by molar-refractivity contribution is -0.139. The van der Waals surface area contributed by atoms with E-state index in [0.29, 0.717) is 18.2 Å². The van der Waals surface area contributed by atoms with Crippen LogP contribution in [0.4, 0.5) is 13.2 Å². The first-order chi connectivity index (χ1) is 8.87. The highest BCUT2D eigenvalue weighted by Gasteiger charge is 2.26. The maximum atomic E-state index is 12.0. The predicted molar refractivity (Wildman–Crippen MR) is 66.9 cm³/mol. The van der Waals surface area contributed by atoms with Gasteiger partial charge in [0, 0.05) is 18.8 Å². The molecule has 6 heteroatoms. The van der Waals surface area contributed by atoms with Crippen molar-refractivity contribution in [2.45, 2.75) is 33.0 Å². The van der Waals surface area contributed by atoms with Crippen molar-refractivity contribution in [1.29, 1.82) is 0 Å². The largest absolute Gasteiger partial charge is 0.493 e. The number of hydrogen-bond donors (Lipinski definition) is 1. The van der Waals surface area contributed by atoms with E-state index in [1.165, 1.54) is 6.20 Å². The summed E-state index contributed by atoms with van der Waals surface area (Å²) >= 11 is 0. The summed E-state index contributed by atoms with van der Waals surface area (Å²) in [5.74, 6) is 0.951. The first kappa shape index (κ1) is 15.8. The fourth-order valence-electron chi connectivity index (χ4n) is 1.42. The number of pyridine rings is 1. The summed E-state index contributed by atoms with van der Waals surface area (Å²) in [6, 6.07) is 3.21. The lowest BCUT2D eigenvalue weighted by Crippen LogP contribution is -2.19. The normalized spacial score (nSPS) is 11.9. The zero-order valence-corrected chi connectivity index (χ0v) is 11.1. The number of nitrogens with one attached hydrogen (secondary N) is 1. The number of rotatable bonds is 7. The molecular formula is C13H19F3N2O. The minimum atomic E-state index is -4.19. The van der Waals surface area contributed by atoms with Gasteiger partial charge in [-0.25, -0.2) is 0 Å². The second-order valence-corrected chi connectivity index (χ2v) is 4.72. The smallest absolute Gasteiger partial charge is 0.392 e. The van der Waals surface area contributed by atoms with Gasteiger partial charge >= 0.3 is 6.18 Å². The van der Waals surface area contributed by atoms with Crippen LogP contribution in [0.5, 0.6) is 5.75 Å². The minimum Gasteiger partial charge on any atom is -0.493 e. The zero-order chi connectivity index (χ0) is 14.3. The number of aromatic nitrogens is 1. The van der Waals surface area contributed by atoms with Crippen molar-refractivity contribution in [2.75, 3.05) is 13.2 Å². The molecular weight excluding hydrogens is 257 g/mol. The van der Waals surface area contributed by atoms with E-state index in [0.717, 1.165) is 12.2 Å². The molecule has 1 aromatic rings. The van der Waals surface area contributed by atoms with Gasteiger partial charge < -0.3 is 10.1 Å². The Morgan fingerprint density at radius 1 is 1.37 bits per heavy atom. The summed E-state index contributed by atoms with van der Waals surface area (Å²) in [5, 5.41) is 3.21. The third kappa shape index (κ3) is 7.66. The van der Waals surface area contributed by atoms with Gasteiger partial charge in [0.15, 0.2) is 0 Å². The van der Waals surface area contributed by atoms with Gasteiger partial charge in [-0.3, -0.25) is 4.98 Å². The second kappa shape index (κ2) is 7.33. The Bertz CT molecular complexity index is 380. The molecule has 0 saturated carbocycles. The molecule has 0 aliphatic heterocycles. The Balaban J connectivity index is 2.39. The summed E-state index contributed by atoms with van der Waals surface area (Å²) in [6.45, 7) is 5.26. The van der Waals surface area contributed by atoms with E-state index in [9.17, 15) is 13.2 Å². The maximum absolute atomic E-state index is 12.0. The Hall–Kier alpha value is -1.30. The van der Waals surface area contributed by atoms with Crippen LogP contribution in [0.2, 0.25) is 0 Å². The molecule has 0 saturated heterocycles. The molecule has 108 valence electrons. The molecule has 0 aromatic carbocycles. The molecule has 1 heterocycles. The van der Waals surface area contributed by atoms with Crippen LogP contribution in [-0.2, 0) is 6.54 Å². The van der Waals surface area contributed by atoms with Gasteiger partial charge in [-0.2, -0.15) is 13.2 Å². The first-order valence-electron chi connectivity index (χ1n) is 6.22. The number of halogens is 3.